The summed E-state index contributed by atoms with van der Waals surface area (Å²) in [6.07, 6.45) is 3.11. The molecule has 1 amide bonds. The quantitative estimate of drug-likeness (QED) is 0.878. The Morgan fingerprint density at radius 1 is 1.37 bits per heavy atom. The Kier molecular flexibility index (Phi) is 3.33. The lowest BCUT2D eigenvalue weighted by atomic mass is 10.1. The van der Waals surface area contributed by atoms with Gasteiger partial charge in [-0.2, -0.15) is 0 Å². The number of rotatable bonds is 3. The number of carboxylic acids is 1. The number of amides is 1. The number of hydrogen-bond acceptors (Lipinski definition) is 3. The van der Waals surface area contributed by atoms with Gasteiger partial charge in [-0.3, -0.25) is 4.79 Å². The van der Waals surface area contributed by atoms with Crippen molar-refractivity contribution in [3.05, 3.63) is 47.5 Å². The first-order valence-corrected chi connectivity index (χ1v) is 5.60. The molecule has 1 heterocycles. The Labute approximate surface area is 109 Å². The highest BCUT2D eigenvalue weighted by Crippen LogP contribution is 2.16. The second-order valence-corrected chi connectivity index (χ2v) is 4.21. The molecule has 0 radical (unpaired) electrons. The summed E-state index contributed by atoms with van der Waals surface area (Å²) in [4.78, 5) is 26.8. The number of nitrogens with zero attached hydrogens (tertiary/aromatic N) is 2. The molecule has 0 saturated carbocycles. The summed E-state index contributed by atoms with van der Waals surface area (Å²) in [5.74, 6) is -1.40. The van der Waals surface area contributed by atoms with E-state index < -0.39 is 5.97 Å². The number of carbonyl (C=O) groups is 2. The van der Waals surface area contributed by atoms with Crippen LogP contribution in [0.5, 0.6) is 0 Å². The van der Waals surface area contributed by atoms with Gasteiger partial charge in [-0.05, 0) is 24.6 Å². The SMILES string of the molecule is Cc1ccc(NC(=O)c2cn(C)cn2)cc1C(=O)O. The molecule has 0 unspecified atom stereocenters. The molecule has 2 aromatic rings. The number of benzene rings is 1. The van der Waals surface area contributed by atoms with E-state index in [1.54, 1.807) is 36.9 Å². The van der Waals surface area contributed by atoms with Crippen LogP contribution in [-0.2, 0) is 7.05 Å². The van der Waals surface area contributed by atoms with Crippen LogP contribution in [-0.4, -0.2) is 26.5 Å². The van der Waals surface area contributed by atoms with Crippen LogP contribution in [0.3, 0.4) is 0 Å². The molecule has 2 N–H and O–H groups in total. The average molecular weight is 259 g/mol. The Hall–Kier alpha value is -2.63. The Balaban J connectivity index is 2.22. The van der Waals surface area contributed by atoms with Crippen LogP contribution in [0.4, 0.5) is 5.69 Å². The fourth-order valence-electron chi connectivity index (χ4n) is 1.66. The molecule has 6 nitrogen and oxygen atoms in total. The number of carbonyl (C=O) groups excluding carboxylic acids is 1. The molecular weight excluding hydrogens is 246 g/mol. The lowest BCUT2D eigenvalue weighted by molar-refractivity contribution is 0.0695. The number of aryl methyl sites for hydroxylation is 2. The predicted molar refractivity (Wildman–Crippen MR) is 69.3 cm³/mol. The molecule has 0 spiro atoms. The summed E-state index contributed by atoms with van der Waals surface area (Å²) in [6, 6.07) is 4.73. The topological polar surface area (TPSA) is 84.2 Å². The van der Waals surface area contributed by atoms with Gasteiger partial charge in [0.2, 0.25) is 0 Å². The normalized spacial score (nSPS) is 10.2. The van der Waals surface area contributed by atoms with Crippen molar-refractivity contribution in [1.29, 1.82) is 0 Å². The van der Waals surface area contributed by atoms with E-state index in [4.69, 9.17) is 5.11 Å². The lowest BCUT2D eigenvalue weighted by Gasteiger charge is -2.06. The number of aromatic carboxylic acids is 1. The molecule has 98 valence electrons. The van der Waals surface area contributed by atoms with Gasteiger partial charge in [-0.15, -0.1) is 0 Å². The van der Waals surface area contributed by atoms with Crippen molar-refractivity contribution in [1.82, 2.24) is 9.55 Å². The molecule has 0 atom stereocenters. The number of aromatic nitrogens is 2. The van der Waals surface area contributed by atoms with Gasteiger partial charge < -0.3 is 15.0 Å². The highest BCUT2D eigenvalue weighted by atomic mass is 16.4. The van der Waals surface area contributed by atoms with Crippen molar-refractivity contribution in [2.45, 2.75) is 6.92 Å². The number of hydrogen-bond donors (Lipinski definition) is 2. The van der Waals surface area contributed by atoms with Crippen LogP contribution in [0.15, 0.2) is 30.7 Å². The van der Waals surface area contributed by atoms with Gasteiger partial charge in [0, 0.05) is 18.9 Å². The van der Waals surface area contributed by atoms with Gasteiger partial charge in [0.15, 0.2) is 0 Å². The fraction of sp³-hybridized carbons (Fsp3) is 0.154. The zero-order valence-electron chi connectivity index (χ0n) is 10.5. The molecule has 19 heavy (non-hydrogen) atoms. The first-order valence-electron chi connectivity index (χ1n) is 5.60. The van der Waals surface area contributed by atoms with Gasteiger partial charge in [0.05, 0.1) is 11.9 Å². The molecule has 0 aliphatic rings. The largest absolute Gasteiger partial charge is 0.478 e. The third-order valence-electron chi connectivity index (χ3n) is 2.66. The summed E-state index contributed by atoms with van der Waals surface area (Å²) in [5.41, 5.74) is 1.51. The maximum atomic E-state index is 11.9. The fourth-order valence-corrected chi connectivity index (χ4v) is 1.66. The minimum Gasteiger partial charge on any atom is -0.478 e. The lowest BCUT2D eigenvalue weighted by Crippen LogP contribution is -2.13. The van der Waals surface area contributed by atoms with Crippen LogP contribution in [0.25, 0.3) is 0 Å². The van der Waals surface area contributed by atoms with E-state index in [0.717, 1.165) is 0 Å². The van der Waals surface area contributed by atoms with Crippen molar-refractivity contribution in [3.63, 3.8) is 0 Å². The van der Waals surface area contributed by atoms with Gasteiger partial charge in [0.1, 0.15) is 5.69 Å². The third kappa shape index (κ3) is 2.79. The van der Waals surface area contributed by atoms with Crippen molar-refractivity contribution in [2.24, 2.45) is 7.05 Å². The standard InChI is InChI=1S/C13H13N3O3/c1-8-3-4-9(5-10(8)13(18)19)15-12(17)11-6-16(2)7-14-11/h3-7H,1-2H3,(H,15,17)(H,18,19). The summed E-state index contributed by atoms with van der Waals surface area (Å²) in [5, 5.41) is 11.6. The molecule has 0 aliphatic carbocycles. The number of imidazole rings is 1. The highest BCUT2D eigenvalue weighted by Gasteiger charge is 2.12. The molecule has 2 rings (SSSR count). The van der Waals surface area contributed by atoms with E-state index in [9.17, 15) is 9.59 Å². The molecular formula is C13H13N3O3. The summed E-state index contributed by atoms with van der Waals surface area (Å²) >= 11 is 0. The van der Waals surface area contributed by atoms with E-state index in [1.807, 2.05) is 0 Å². The van der Waals surface area contributed by atoms with Crippen LogP contribution in [0, 0.1) is 6.92 Å². The predicted octanol–water partition coefficient (Wildman–Crippen LogP) is 1.68. The summed E-state index contributed by atoms with van der Waals surface area (Å²) in [6.45, 7) is 1.70. The van der Waals surface area contributed by atoms with Gasteiger partial charge in [-0.25, -0.2) is 9.78 Å². The summed E-state index contributed by atoms with van der Waals surface area (Å²) in [7, 11) is 1.76. The monoisotopic (exact) mass is 259 g/mol. The number of nitrogens with one attached hydrogen (secondary N) is 1. The Morgan fingerprint density at radius 2 is 2.11 bits per heavy atom. The van der Waals surface area contributed by atoms with Crippen LogP contribution < -0.4 is 5.32 Å². The zero-order valence-corrected chi connectivity index (χ0v) is 10.5. The van der Waals surface area contributed by atoms with Gasteiger partial charge in [0.25, 0.3) is 5.91 Å². The molecule has 1 aromatic heterocycles. The number of anilines is 1. The second-order valence-electron chi connectivity index (χ2n) is 4.21. The van der Waals surface area contributed by atoms with Gasteiger partial charge in [-0.1, -0.05) is 6.07 Å². The highest BCUT2D eigenvalue weighted by molar-refractivity contribution is 6.03. The van der Waals surface area contributed by atoms with E-state index in [-0.39, 0.29) is 17.2 Å². The number of carboxylic acid groups (broad SMARTS) is 1. The van der Waals surface area contributed by atoms with Crippen molar-refractivity contribution < 1.29 is 14.7 Å². The van der Waals surface area contributed by atoms with Crippen molar-refractivity contribution >= 4 is 17.6 Å². The van der Waals surface area contributed by atoms with Gasteiger partial charge >= 0.3 is 5.97 Å². The van der Waals surface area contributed by atoms with Crippen molar-refractivity contribution in [3.8, 4) is 0 Å². The Bertz CT molecular complexity index is 646. The van der Waals surface area contributed by atoms with Crippen LogP contribution >= 0.6 is 0 Å². The maximum absolute atomic E-state index is 11.9. The molecule has 0 aliphatic heterocycles. The third-order valence-corrected chi connectivity index (χ3v) is 2.66. The molecule has 0 fully saturated rings. The molecule has 1 aromatic carbocycles. The first kappa shape index (κ1) is 12.8. The average Bonchev–Trinajstić information content (AvgIpc) is 2.78. The first-order chi connectivity index (χ1) is 8.97. The van der Waals surface area contributed by atoms with Crippen molar-refractivity contribution in [2.75, 3.05) is 5.32 Å². The van der Waals surface area contributed by atoms with Crippen LogP contribution in [0.1, 0.15) is 26.4 Å². The molecule has 6 heteroatoms. The minimum absolute atomic E-state index is 0.166. The van der Waals surface area contributed by atoms with E-state index in [0.29, 0.717) is 11.3 Å². The molecule has 0 saturated heterocycles. The van der Waals surface area contributed by atoms with E-state index >= 15 is 0 Å². The smallest absolute Gasteiger partial charge is 0.336 e. The zero-order chi connectivity index (χ0) is 14.0. The Morgan fingerprint density at radius 3 is 2.68 bits per heavy atom. The second kappa shape index (κ2) is 4.93. The molecule has 0 bridgehead atoms. The van der Waals surface area contributed by atoms with E-state index in [2.05, 4.69) is 10.3 Å². The van der Waals surface area contributed by atoms with Crippen LogP contribution in [0.2, 0.25) is 0 Å². The summed E-state index contributed by atoms with van der Waals surface area (Å²) < 4.78 is 1.66. The minimum atomic E-state index is -1.02. The maximum Gasteiger partial charge on any atom is 0.336 e. The van der Waals surface area contributed by atoms with E-state index in [1.165, 1.54) is 12.4 Å².